The summed E-state index contributed by atoms with van der Waals surface area (Å²) in [6.07, 6.45) is 0.974. The summed E-state index contributed by atoms with van der Waals surface area (Å²) in [5, 5.41) is 15.3. The molecule has 150 valence electrons. The van der Waals surface area contributed by atoms with E-state index in [-0.39, 0.29) is 18.5 Å². The van der Waals surface area contributed by atoms with Crippen LogP contribution in [0.5, 0.6) is 11.5 Å². The molecule has 1 aromatic heterocycles. The second-order valence-electron chi connectivity index (χ2n) is 6.89. The lowest BCUT2D eigenvalue weighted by Crippen LogP contribution is -2.31. The van der Waals surface area contributed by atoms with Crippen LogP contribution in [-0.2, 0) is 17.8 Å². The summed E-state index contributed by atoms with van der Waals surface area (Å²) < 4.78 is 11.1. The highest BCUT2D eigenvalue weighted by Crippen LogP contribution is 2.32. The van der Waals surface area contributed by atoms with E-state index in [0.717, 1.165) is 23.3 Å². The molecule has 1 N–H and O–H groups in total. The average Bonchev–Trinajstić information content (AvgIpc) is 3.21. The molecule has 1 amide bonds. The topological polar surface area (TPSA) is 91.2 Å². The fourth-order valence-corrected chi connectivity index (χ4v) is 3.14. The molecule has 3 aromatic rings. The highest BCUT2D eigenvalue weighted by molar-refractivity contribution is 5.76. The van der Waals surface area contributed by atoms with Crippen molar-refractivity contribution in [1.82, 2.24) is 25.5 Å². The Morgan fingerprint density at radius 1 is 1.14 bits per heavy atom. The Labute approximate surface area is 168 Å². The van der Waals surface area contributed by atoms with Crippen LogP contribution in [0.25, 0.3) is 11.4 Å². The summed E-state index contributed by atoms with van der Waals surface area (Å²) in [5.74, 6) is 1.73. The second kappa shape index (κ2) is 8.30. The van der Waals surface area contributed by atoms with Gasteiger partial charge in [0.25, 0.3) is 0 Å². The van der Waals surface area contributed by atoms with Gasteiger partial charge in [-0.15, -0.1) is 10.2 Å². The molecule has 2 heterocycles. The average molecular weight is 393 g/mol. The first-order chi connectivity index (χ1) is 14.1. The van der Waals surface area contributed by atoms with Crippen LogP contribution in [0.2, 0.25) is 0 Å². The summed E-state index contributed by atoms with van der Waals surface area (Å²) in [4.78, 5) is 13.7. The molecule has 0 fully saturated rings. The molecule has 2 aromatic carbocycles. The minimum atomic E-state index is -0.197. The first-order valence-corrected chi connectivity index (χ1v) is 9.68. The molecule has 0 saturated carbocycles. The molecule has 1 aliphatic heterocycles. The van der Waals surface area contributed by atoms with Gasteiger partial charge in [-0.25, -0.2) is 0 Å². The number of benzene rings is 2. The number of carbonyl (C=O) groups excluding carboxylic acids is 1. The Morgan fingerprint density at radius 2 is 1.90 bits per heavy atom. The van der Waals surface area contributed by atoms with Crippen LogP contribution >= 0.6 is 0 Å². The Morgan fingerprint density at radius 3 is 2.66 bits per heavy atom. The normalized spacial score (nSPS) is 13.7. The van der Waals surface area contributed by atoms with Crippen molar-refractivity contribution in [2.24, 2.45) is 0 Å². The van der Waals surface area contributed by atoms with E-state index in [1.54, 1.807) is 0 Å². The van der Waals surface area contributed by atoms with Gasteiger partial charge in [-0.05, 0) is 41.8 Å². The number of carbonyl (C=O) groups is 1. The number of aryl methyl sites for hydroxylation is 1. The molecule has 1 aliphatic rings. The van der Waals surface area contributed by atoms with Crippen molar-refractivity contribution in [3.05, 3.63) is 53.6 Å². The second-order valence-corrected chi connectivity index (χ2v) is 6.89. The number of ether oxygens (including phenoxy) is 2. The lowest BCUT2D eigenvalue weighted by molar-refractivity contribution is -0.122. The summed E-state index contributed by atoms with van der Waals surface area (Å²) in [6, 6.07) is 13.5. The number of aromatic nitrogens is 4. The molecule has 4 rings (SSSR count). The van der Waals surface area contributed by atoms with Gasteiger partial charge in [0, 0.05) is 5.56 Å². The van der Waals surface area contributed by atoms with Crippen molar-refractivity contribution in [3.8, 4) is 22.9 Å². The molecule has 0 saturated heterocycles. The van der Waals surface area contributed by atoms with Gasteiger partial charge in [0.15, 0.2) is 11.5 Å². The SMILES string of the molecule is CCc1ccc(-c2nnn(CC(=O)N[C@H](C)c3ccc4c(c3)OCCO4)n2)cc1. The van der Waals surface area contributed by atoms with Crippen molar-refractivity contribution in [3.63, 3.8) is 0 Å². The van der Waals surface area contributed by atoms with Crippen molar-refractivity contribution >= 4 is 5.91 Å². The van der Waals surface area contributed by atoms with Crippen LogP contribution in [0.15, 0.2) is 42.5 Å². The van der Waals surface area contributed by atoms with Crippen LogP contribution in [-0.4, -0.2) is 39.3 Å². The fourth-order valence-electron chi connectivity index (χ4n) is 3.14. The molecule has 0 radical (unpaired) electrons. The Balaban J connectivity index is 1.37. The van der Waals surface area contributed by atoms with E-state index in [1.807, 2.05) is 49.4 Å². The number of hydrogen-bond donors (Lipinski definition) is 1. The predicted molar refractivity (Wildman–Crippen MR) is 107 cm³/mol. The van der Waals surface area contributed by atoms with E-state index in [9.17, 15) is 4.79 Å². The van der Waals surface area contributed by atoms with Gasteiger partial charge in [0.05, 0.1) is 6.04 Å². The number of tetrazole rings is 1. The van der Waals surface area contributed by atoms with Crippen molar-refractivity contribution < 1.29 is 14.3 Å². The summed E-state index contributed by atoms with van der Waals surface area (Å²) >= 11 is 0. The maximum atomic E-state index is 12.4. The van der Waals surface area contributed by atoms with Crippen LogP contribution in [0.3, 0.4) is 0 Å². The lowest BCUT2D eigenvalue weighted by Gasteiger charge is -2.21. The Hall–Kier alpha value is -3.42. The summed E-state index contributed by atoms with van der Waals surface area (Å²) in [7, 11) is 0. The molecule has 0 unspecified atom stereocenters. The van der Waals surface area contributed by atoms with Crippen LogP contribution in [0.4, 0.5) is 0 Å². The van der Waals surface area contributed by atoms with Crippen LogP contribution < -0.4 is 14.8 Å². The monoisotopic (exact) mass is 393 g/mol. The number of rotatable bonds is 6. The molecule has 8 heteroatoms. The van der Waals surface area contributed by atoms with Crippen LogP contribution in [0, 0.1) is 0 Å². The van der Waals surface area contributed by atoms with Crippen molar-refractivity contribution in [2.45, 2.75) is 32.9 Å². The van der Waals surface area contributed by atoms with Gasteiger partial charge >= 0.3 is 0 Å². The zero-order chi connectivity index (χ0) is 20.2. The van der Waals surface area contributed by atoms with Gasteiger partial charge in [-0.3, -0.25) is 4.79 Å². The standard InChI is InChI=1S/C21H23N5O3/c1-3-15-4-6-16(7-5-15)21-23-25-26(24-21)13-20(27)22-14(2)17-8-9-18-19(12-17)29-11-10-28-18/h4-9,12,14H,3,10-11,13H2,1-2H3,(H,22,27)/t14-/m1/s1. The third-order valence-corrected chi connectivity index (χ3v) is 4.80. The Kier molecular flexibility index (Phi) is 5.41. The van der Waals surface area contributed by atoms with Gasteiger partial charge < -0.3 is 14.8 Å². The number of nitrogens with zero attached hydrogens (tertiary/aromatic N) is 4. The van der Waals surface area contributed by atoms with E-state index in [1.165, 1.54) is 10.4 Å². The van der Waals surface area contributed by atoms with E-state index in [0.29, 0.717) is 24.8 Å². The molecule has 1 atom stereocenters. The largest absolute Gasteiger partial charge is 0.486 e. The lowest BCUT2D eigenvalue weighted by atomic mass is 10.1. The highest BCUT2D eigenvalue weighted by atomic mass is 16.6. The van der Waals surface area contributed by atoms with E-state index in [4.69, 9.17) is 9.47 Å². The minimum absolute atomic E-state index is 0.00502. The zero-order valence-corrected chi connectivity index (χ0v) is 16.5. The van der Waals surface area contributed by atoms with E-state index >= 15 is 0 Å². The highest BCUT2D eigenvalue weighted by Gasteiger charge is 2.17. The van der Waals surface area contributed by atoms with Crippen LogP contribution in [0.1, 0.15) is 31.0 Å². The van der Waals surface area contributed by atoms with E-state index < -0.39 is 0 Å². The maximum Gasteiger partial charge on any atom is 0.244 e. The van der Waals surface area contributed by atoms with Crippen molar-refractivity contribution in [2.75, 3.05) is 13.2 Å². The third kappa shape index (κ3) is 4.37. The first kappa shape index (κ1) is 18.9. The number of nitrogens with one attached hydrogen (secondary N) is 1. The van der Waals surface area contributed by atoms with Gasteiger partial charge in [-0.1, -0.05) is 37.3 Å². The predicted octanol–water partition coefficient (Wildman–Crippen LogP) is 2.55. The van der Waals surface area contributed by atoms with Crippen molar-refractivity contribution in [1.29, 1.82) is 0 Å². The molecule has 29 heavy (non-hydrogen) atoms. The van der Waals surface area contributed by atoms with Gasteiger partial charge in [0.1, 0.15) is 19.8 Å². The molecule has 0 aliphatic carbocycles. The minimum Gasteiger partial charge on any atom is -0.486 e. The summed E-state index contributed by atoms with van der Waals surface area (Å²) in [5.41, 5.74) is 3.05. The third-order valence-electron chi connectivity index (χ3n) is 4.80. The number of fused-ring (bicyclic) bond motifs is 1. The summed E-state index contributed by atoms with van der Waals surface area (Å²) in [6.45, 7) is 5.09. The number of hydrogen-bond acceptors (Lipinski definition) is 6. The fraction of sp³-hybridized carbons (Fsp3) is 0.333. The quantitative estimate of drug-likeness (QED) is 0.692. The number of amides is 1. The van der Waals surface area contributed by atoms with Gasteiger partial charge in [-0.2, -0.15) is 4.80 Å². The zero-order valence-electron chi connectivity index (χ0n) is 16.5. The van der Waals surface area contributed by atoms with E-state index in [2.05, 4.69) is 27.7 Å². The smallest absolute Gasteiger partial charge is 0.244 e. The molecule has 8 nitrogen and oxygen atoms in total. The molecule has 0 spiro atoms. The maximum absolute atomic E-state index is 12.4. The Bertz CT molecular complexity index is 1000. The molecule has 0 bridgehead atoms. The molecular formula is C21H23N5O3. The van der Waals surface area contributed by atoms with Gasteiger partial charge in [0.2, 0.25) is 11.7 Å². The molecular weight excluding hydrogens is 370 g/mol. The first-order valence-electron chi connectivity index (χ1n) is 9.68.